The second-order valence-electron chi connectivity index (χ2n) is 1.30. The van der Waals surface area contributed by atoms with Crippen molar-refractivity contribution in [2.45, 2.75) is 6.92 Å². The molecule has 0 heterocycles. The fourth-order valence-electron chi connectivity index (χ4n) is 0.257. The maximum absolute atomic E-state index is 12.2. The Morgan fingerprint density at radius 1 is 1.42 bits per heavy atom. The molecule has 0 aliphatic rings. The molecule has 58 valence electrons. The lowest BCUT2D eigenvalue weighted by atomic mass is 10.6. The molecule has 0 aliphatic carbocycles. The van der Waals surface area contributed by atoms with Crippen molar-refractivity contribution in [1.82, 2.24) is 0 Å². The molecular formula is C10H6FP. The number of hydrogen-bond acceptors (Lipinski definition) is 0. The van der Waals surface area contributed by atoms with Crippen molar-refractivity contribution < 1.29 is 7.13 Å². The Labute approximate surface area is 78.2 Å². The zero-order chi connectivity index (χ0) is 11.7. The fourth-order valence-corrected chi connectivity index (χ4v) is 0.537. The van der Waals surface area contributed by atoms with E-state index in [0.717, 1.165) is 0 Å². The Morgan fingerprint density at radius 3 is 2.67 bits per heavy atom. The van der Waals surface area contributed by atoms with E-state index in [-0.39, 0.29) is 0 Å². The number of halogens is 1. The summed E-state index contributed by atoms with van der Waals surface area (Å²) in [5.74, 6) is 13.2. The average molecular weight is 181 g/mol. The normalized spacial score (nSPS) is 12.7. The molecule has 0 nitrogen and oxygen atoms in total. The summed E-state index contributed by atoms with van der Waals surface area (Å²) in [6.07, 6.45) is 0. The van der Waals surface area contributed by atoms with Crippen molar-refractivity contribution in [3.8, 4) is 46.8 Å². The van der Waals surface area contributed by atoms with Crippen molar-refractivity contribution in [3.05, 3.63) is 0 Å². The summed E-state index contributed by atoms with van der Waals surface area (Å²) in [7, 11) is -1.56. The van der Waals surface area contributed by atoms with E-state index in [0.29, 0.717) is 0 Å². The van der Waals surface area contributed by atoms with Crippen LogP contribution in [0.3, 0.4) is 0 Å². The van der Waals surface area contributed by atoms with Gasteiger partial charge in [-0.2, -0.15) is 0 Å². The van der Waals surface area contributed by atoms with E-state index in [1.807, 2.05) is 5.92 Å². The van der Waals surface area contributed by atoms with E-state index in [1.54, 1.807) is 12.8 Å². The molecule has 0 saturated heterocycles. The van der Waals surface area contributed by atoms with Crippen LogP contribution in [0.1, 0.15) is 9.67 Å². The summed E-state index contributed by atoms with van der Waals surface area (Å²) in [4.78, 5) is 0. The van der Waals surface area contributed by atoms with E-state index < -0.39 is 15.2 Å². The van der Waals surface area contributed by atoms with E-state index >= 15 is 0 Å². The number of alkyl halides is 1. The molecule has 0 N–H and O–H groups in total. The maximum Gasteiger partial charge on any atom is 0.151 e. The van der Waals surface area contributed by atoms with Gasteiger partial charge in [0, 0.05) is 8.53 Å². The average Bonchev–Trinajstić information content (AvgIpc) is 2.11. The first-order chi connectivity index (χ1) is 6.95. The van der Waals surface area contributed by atoms with Crippen LogP contribution >= 0.6 is 8.53 Å². The van der Waals surface area contributed by atoms with Gasteiger partial charge in [-0.15, -0.1) is 0 Å². The molecule has 2 heteroatoms. The minimum absolute atomic E-state index is 1.56. The van der Waals surface area contributed by atoms with E-state index in [2.05, 4.69) is 35.0 Å². The van der Waals surface area contributed by atoms with Gasteiger partial charge in [0.15, 0.2) is 6.63 Å². The van der Waals surface area contributed by atoms with Gasteiger partial charge in [-0.05, 0) is 30.6 Å². The summed E-state index contributed by atoms with van der Waals surface area (Å²) in [6, 6.07) is 0. The summed E-state index contributed by atoms with van der Waals surface area (Å²) in [5, 5.41) is 0. The molecule has 1 unspecified atom stereocenters. The second kappa shape index (κ2) is 9.60. The highest BCUT2D eigenvalue weighted by atomic mass is 31.1. The highest BCUT2D eigenvalue weighted by molar-refractivity contribution is 7.49. The zero-order valence-electron chi connectivity index (χ0n) is 9.33. The Kier molecular flexibility index (Phi) is 4.92. The van der Waals surface area contributed by atoms with Gasteiger partial charge in [0.05, 0.1) is 4.02 Å². The standard InChI is InChI=1S/C10H6FP/c1-2-3-6-9-12-10-7-4-5-8-11/h12H,8H2,1H3/i8T2,12D. The van der Waals surface area contributed by atoms with E-state index in [1.165, 1.54) is 0 Å². The lowest BCUT2D eigenvalue weighted by Gasteiger charge is -1.65. The van der Waals surface area contributed by atoms with Crippen LogP contribution in [0.15, 0.2) is 0 Å². The Balaban J connectivity index is 4.35. The molecule has 0 saturated carbocycles. The van der Waals surface area contributed by atoms with Crippen molar-refractivity contribution in [2.24, 2.45) is 0 Å². The van der Waals surface area contributed by atoms with Crippen LogP contribution in [0.4, 0.5) is 4.39 Å². The number of rotatable bonds is 0. The monoisotopic (exact) mass is 181 g/mol. The maximum atomic E-state index is 12.2. The molecule has 0 aromatic rings. The minimum Gasteiger partial charge on any atom is -0.237 e. The lowest BCUT2D eigenvalue weighted by Crippen LogP contribution is -1.58. The third kappa shape index (κ3) is 8.60. The van der Waals surface area contributed by atoms with Crippen LogP contribution in [0.2, 0.25) is 0 Å². The van der Waals surface area contributed by atoms with E-state index in [4.69, 9.17) is 4.02 Å². The summed E-state index contributed by atoms with van der Waals surface area (Å²) in [6.45, 7) is -1.42. The molecule has 12 heavy (non-hydrogen) atoms. The van der Waals surface area contributed by atoms with Gasteiger partial charge in [0.25, 0.3) is 0 Å². The molecular weight excluding hydrogens is 170 g/mol. The van der Waals surface area contributed by atoms with Gasteiger partial charge in [-0.25, -0.2) is 4.39 Å². The molecule has 0 aromatic heterocycles. The molecule has 0 spiro atoms. The molecule has 0 aliphatic heterocycles. The third-order valence-corrected chi connectivity index (χ3v) is 1.03. The number of hydrogen-bond donors (Lipinski definition) is 0. The van der Waals surface area contributed by atoms with Crippen molar-refractivity contribution in [3.63, 3.8) is 0 Å². The molecule has 1 atom stereocenters. The largest absolute Gasteiger partial charge is 0.237 e. The van der Waals surface area contributed by atoms with Crippen LogP contribution in [-0.2, 0) is 0 Å². The van der Waals surface area contributed by atoms with Gasteiger partial charge in [0.1, 0.15) is 0 Å². The summed E-state index contributed by atoms with van der Waals surface area (Å²) in [5.41, 5.74) is 4.81. The van der Waals surface area contributed by atoms with E-state index in [9.17, 15) is 4.39 Å². The second-order valence-corrected chi connectivity index (χ2v) is 1.98. The molecule has 0 aromatic carbocycles. The van der Waals surface area contributed by atoms with Gasteiger partial charge in [-0.3, -0.25) is 0 Å². The van der Waals surface area contributed by atoms with Crippen molar-refractivity contribution in [1.29, 1.82) is 1.28 Å². The fraction of sp³-hybridized carbons (Fsp3) is 0.200. The SMILES string of the molecule is [2H]P(C#CC#CC)C#CC#CC([3H])([3H])F. The summed E-state index contributed by atoms with van der Waals surface area (Å²) < 4.78 is 32.3. The topological polar surface area (TPSA) is 0 Å². The minimum atomic E-state index is -3.04. The Hall–Kier alpha value is -1.40. The third-order valence-electron chi connectivity index (χ3n) is 0.583. The zero-order valence-corrected chi connectivity index (χ0v) is 7.22. The van der Waals surface area contributed by atoms with Crippen LogP contribution in [0, 0.1) is 46.8 Å². The van der Waals surface area contributed by atoms with Crippen LogP contribution in [0.25, 0.3) is 0 Å². The first-order valence-corrected chi connectivity index (χ1v) is 3.78. The molecule has 0 fully saturated rings. The first kappa shape index (κ1) is 6.15. The van der Waals surface area contributed by atoms with Gasteiger partial charge in [-0.1, -0.05) is 23.2 Å². The Morgan fingerprint density at radius 2 is 2.08 bits per heavy atom. The predicted octanol–water partition coefficient (Wildman–Crippen LogP) is 1.58. The molecule has 0 radical (unpaired) electrons. The van der Waals surface area contributed by atoms with Gasteiger partial charge < -0.3 is 0 Å². The first-order valence-electron chi connectivity index (χ1n) is 4.33. The van der Waals surface area contributed by atoms with Crippen LogP contribution in [-0.4, -0.2) is 7.91 Å². The molecule has 0 rings (SSSR count). The highest BCUT2D eigenvalue weighted by Crippen LogP contribution is 2.00. The predicted molar refractivity (Wildman–Crippen MR) is 51.1 cm³/mol. The highest BCUT2D eigenvalue weighted by Gasteiger charge is 1.63. The smallest absolute Gasteiger partial charge is 0.151 e. The Bertz CT molecular complexity index is 448. The van der Waals surface area contributed by atoms with Crippen LogP contribution < -0.4 is 0 Å². The lowest BCUT2D eigenvalue weighted by molar-refractivity contribution is 0.573. The molecule has 0 bridgehead atoms. The van der Waals surface area contributed by atoms with Gasteiger partial charge >= 0.3 is 0 Å². The quantitative estimate of drug-likeness (QED) is 0.393. The van der Waals surface area contributed by atoms with Gasteiger partial charge in [0.2, 0.25) is 0 Å². The molecule has 0 amide bonds. The summed E-state index contributed by atoms with van der Waals surface area (Å²) >= 11 is 0. The van der Waals surface area contributed by atoms with Crippen molar-refractivity contribution >= 4 is 8.53 Å². The van der Waals surface area contributed by atoms with Crippen LogP contribution in [0.5, 0.6) is 0 Å². The van der Waals surface area contributed by atoms with Crippen molar-refractivity contribution in [2.75, 3.05) is 6.63 Å².